The minimum atomic E-state index is -1.41. The van der Waals surface area contributed by atoms with Crippen molar-refractivity contribution >= 4 is 11.9 Å². The van der Waals surface area contributed by atoms with Crippen molar-refractivity contribution in [1.82, 2.24) is 0 Å². The third-order valence-electron chi connectivity index (χ3n) is 4.46. The lowest BCUT2D eigenvalue weighted by Gasteiger charge is -2.11. The molecule has 2 N–H and O–H groups in total. The molecule has 162 valence electrons. The van der Waals surface area contributed by atoms with Gasteiger partial charge in [-0.05, 0) is 52.0 Å². The maximum absolute atomic E-state index is 13.0. The zero-order chi connectivity index (χ0) is 22.4. The van der Waals surface area contributed by atoms with Gasteiger partial charge in [0, 0.05) is 6.42 Å². The van der Waals surface area contributed by atoms with Gasteiger partial charge in [0.05, 0.1) is 17.2 Å². The van der Waals surface area contributed by atoms with E-state index in [1.54, 1.807) is 24.3 Å². The van der Waals surface area contributed by atoms with Crippen molar-refractivity contribution in [3.8, 4) is 0 Å². The molecule has 0 saturated carbocycles. The van der Waals surface area contributed by atoms with Gasteiger partial charge in [0.1, 0.15) is 6.61 Å². The van der Waals surface area contributed by atoms with E-state index in [4.69, 9.17) is 19.7 Å². The number of aliphatic hydroxyl groups excluding tert-OH is 1. The van der Waals surface area contributed by atoms with E-state index in [1.807, 2.05) is 39.8 Å². The molecule has 1 fully saturated rings. The molecule has 0 aromatic heterocycles. The van der Waals surface area contributed by atoms with Gasteiger partial charge in [-0.3, -0.25) is 0 Å². The fraction of sp³-hybridized carbons (Fsp3) is 0.391. The second kappa shape index (κ2) is 10.3. The number of hydrogen-bond acceptors (Lipinski definition) is 5. The topological polar surface area (TPSA) is 93.1 Å². The highest BCUT2D eigenvalue weighted by atomic mass is 19.1. The first kappa shape index (κ1) is 23.5. The molecule has 0 aliphatic carbocycles. The molecule has 3 atom stereocenters. The predicted molar refractivity (Wildman–Crippen MR) is 109 cm³/mol. The Morgan fingerprint density at radius 3 is 1.83 bits per heavy atom. The number of benzene rings is 2. The Morgan fingerprint density at radius 2 is 1.43 bits per heavy atom. The monoisotopic (exact) mass is 418 g/mol. The molecule has 0 spiro atoms. The van der Waals surface area contributed by atoms with Crippen LogP contribution in [0.2, 0.25) is 0 Å². The molecular formula is C23H27FO6. The second-order valence-corrected chi connectivity index (χ2v) is 7.56. The molecule has 7 heteroatoms. The average molecular weight is 418 g/mol. The molecule has 1 saturated heterocycles. The van der Waals surface area contributed by atoms with Crippen molar-refractivity contribution in [1.29, 1.82) is 0 Å². The van der Waals surface area contributed by atoms with Gasteiger partial charge < -0.3 is 19.7 Å². The van der Waals surface area contributed by atoms with Gasteiger partial charge in [0.2, 0.25) is 0 Å². The standard InChI is InChI=1S/C14H17FO4.C9H10O2/c1-8-3-9(2)5-10(4-8)13(16)18-7-11-6-12(15)14(17)19-11;1-6-3-7(2)5-8(4-6)9(10)11/h3-5,11-12,14,17H,6-7H2,1-2H3;3-5H,1-2H3,(H,10,11). The van der Waals surface area contributed by atoms with Crippen LogP contribution in [0.15, 0.2) is 36.4 Å². The first-order valence-corrected chi connectivity index (χ1v) is 9.59. The number of halogens is 1. The number of alkyl halides is 1. The number of carbonyl (C=O) groups is 2. The van der Waals surface area contributed by atoms with Gasteiger partial charge in [0.25, 0.3) is 0 Å². The largest absolute Gasteiger partial charge is 0.478 e. The van der Waals surface area contributed by atoms with Gasteiger partial charge in [0.15, 0.2) is 12.5 Å². The minimum Gasteiger partial charge on any atom is -0.478 e. The minimum absolute atomic E-state index is 0.0429. The van der Waals surface area contributed by atoms with Gasteiger partial charge in [-0.2, -0.15) is 0 Å². The van der Waals surface area contributed by atoms with E-state index in [-0.39, 0.29) is 13.0 Å². The molecule has 2 aromatic carbocycles. The maximum atomic E-state index is 13.0. The summed E-state index contributed by atoms with van der Waals surface area (Å²) in [7, 11) is 0. The van der Waals surface area contributed by atoms with E-state index in [2.05, 4.69) is 0 Å². The number of ether oxygens (including phenoxy) is 2. The van der Waals surface area contributed by atoms with E-state index in [9.17, 15) is 14.0 Å². The Kier molecular flexibility index (Phi) is 8.08. The molecule has 30 heavy (non-hydrogen) atoms. The highest BCUT2D eigenvalue weighted by Gasteiger charge is 2.34. The predicted octanol–water partition coefficient (Wildman–Crippen LogP) is 3.91. The van der Waals surface area contributed by atoms with E-state index < -0.39 is 30.5 Å². The smallest absolute Gasteiger partial charge is 0.338 e. The zero-order valence-corrected chi connectivity index (χ0v) is 17.5. The number of aromatic carboxylic acids is 1. The summed E-state index contributed by atoms with van der Waals surface area (Å²) in [5, 5.41) is 17.7. The Hall–Kier alpha value is -2.77. The number of esters is 1. The highest BCUT2D eigenvalue weighted by molar-refractivity contribution is 5.90. The summed E-state index contributed by atoms with van der Waals surface area (Å²) in [5.41, 5.74) is 4.76. The lowest BCUT2D eigenvalue weighted by molar-refractivity contribution is -0.121. The highest BCUT2D eigenvalue weighted by Crippen LogP contribution is 2.22. The van der Waals surface area contributed by atoms with Crippen LogP contribution in [0, 0.1) is 27.7 Å². The number of aliphatic hydroxyl groups is 1. The normalized spacial score (nSPS) is 20.3. The van der Waals surface area contributed by atoms with Crippen LogP contribution in [-0.4, -0.2) is 47.3 Å². The molecule has 1 aliphatic heterocycles. The fourth-order valence-corrected chi connectivity index (χ4v) is 3.26. The van der Waals surface area contributed by atoms with Gasteiger partial charge >= 0.3 is 11.9 Å². The van der Waals surface area contributed by atoms with E-state index in [0.29, 0.717) is 11.1 Å². The number of carbonyl (C=O) groups excluding carboxylic acids is 1. The van der Waals surface area contributed by atoms with Gasteiger partial charge in [-0.15, -0.1) is 0 Å². The summed E-state index contributed by atoms with van der Waals surface area (Å²) in [6.07, 6.45) is -3.36. The fourth-order valence-electron chi connectivity index (χ4n) is 3.26. The summed E-state index contributed by atoms with van der Waals surface area (Å²) >= 11 is 0. The summed E-state index contributed by atoms with van der Waals surface area (Å²) in [6, 6.07) is 10.7. The van der Waals surface area contributed by atoms with Crippen LogP contribution in [0.3, 0.4) is 0 Å². The van der Waals surface area contributed by atoms with Crippen LogP contribution in [0.25, 0.3) is 0 Å². The Balaban J connectivity index is 0.000000248. The molecule has 6 nitrogen and oxygen atoms in total. The van der Waals surface area contributed by atoms with Crippen molar-refractivity contribution in [3.63, 3.8) is 0 Å². The van der Waals surface area contributed by atoms with Crippen molar-refractivity contribution in [3.05, 3.63) is 69.8 Å². The molecule has 1 aliphatic rings. The molecular weight excluding hydrogens is 391 g/mol. The number of carboxylic acids is 1. The molecule has 0 amide bonds. The van der Waals surface area contributed by atoms with Crippen molar-refractivity contribution < 1.29 is 33.7 Å². The summed E-state index contributed by atoms with van der Waals surface area (Å²) in [5.74, 6) is -1.33. The van der Waals surface area contributed by atoms with Gasteiger partial charge in [-0.25, -0.2) is 14.0 Å². The lowest BCUT2D eigenvalue weighted by Crippen LogP contribution is -2.20. The molecule has 2 aromatic rings. The van der Waals surface area contributed by atoms with Crippen LogP contribution < -0.4 is 0 Å². The Labute approximate surface area is 175 Å². The lowest BCUT2D eigenvalue weighted by atomic mass is 10.1. The summed E-state index contributed by atoms with van der Waals surface area (Å²) < 4.78 is 23.0. The van der Waals surface area contributed by atoms with Crippen molar-refractivity contribution in [2.45, 2.75) is 52.7 Å². The van der Waals surface area contributed by atoms with E-state index >= 15 is 0 Å². The zero-order valence-electron chi connectivity index (χ0n) is 17.5. The number of rotatable bonds is 4. The van der Waals surface area contributed by atoms with E-state index in [1.165, 1.54) is 0 Å². The van der Waals surface area contributed by atoms with Crippen molar-refractivity contribution in [2.75, 3.05) is 6.61 Å². The van der Waals surface area contributed by atoms with Crippen LogP contribution in [0.1, 0.15) is 49.4 Å². The quantitative estimate of drug-likeness (QED) is 0.732. The van der Waals surface area contributed by atoms with E-state index in [0.717, 1.165) is 22.3 Å². The molecule has 0 radical (unpaired) electrons. The van der Waals surface area contributed by atoms with Gasteiger partial charge in [-0.1, -0.05) is 34.4 Å². The third kappa shape index (κ3) is 6.93. The van der Waals surface area contributed by atoms with Crippen LogP contribution in [0.4, 0.5) is 4.39 Å². The molecule has 0 bridgehead atoms. The molecule has 3 unspecified atom stereocenters. The maximum Gasteiger partial charge on any atom is 0.338 e. The number of hydrogen-bond donors (Lipinski definition) is 2. The Morgan fingerprint density at radius 1 is 0.967 bits per heavy atom. The molecule has 1 heterocycles. The Bertz CT molecular complexity index is 860. The summed E-state index contributed by atoms with van der Waals surface area (Å²) in [6.45, 7) is 7.52. The first-order valence-electron chi connectivity index (χ1n) is 9.59. The number of carboxylic acid groups (broad SMARTS) is 1. The molecule has 3 rings (SSSR count). The van der Waals surface area contributed by atoms with Crippen LogP contribution in [0.5, 0.6) is 0 Å². The first-order chi connectivity index (χ1) is 14.0. The van der Waals surface area contributed by atoms with Crippen LogP contribution >= 0.6 is 0 Å². The van der Waals surface area contributed by atoms with Crippen LogP contribution in [-0.2, 0) is 9.47 Å². The SMILES string of the molecule is Cc1cc(C)cc(C(=O)O)c1.Cc1cc(C)cc(C(=O)OCC2CC(F)C(O)O2)c1. The average Bonchev–Trinajstić information content (AvgIpc) is 2.96. The van der Waals surface area contributed by atoms with Crippen molar-refractivity contribution in [2.24, 2.45) is 0 Å². The summed E-state index contributed by atoms with van der Waals surface area (Å²) in [4.78, 5) is 22.3. The second-order valence-electron chi connectivity index (χ2n) is 7.56. The number of aryl methyl sites for hydroxylation is 4. The third-order valence-corrected chi connectivity index (χ3v) is 4.46.